The summed E-state index contributed by atoms with van der Waals surface area (Å²) in [5, 5.41) is 3.06. The topological polar surface area (TPSA) is 96.0 Å². The number of aryl methyl sites for hydroxylation is 1. The van der Waals surface area contributed by atoms with Gasteiger partial charge < -0.3 is 15.0 Å². The maximum absolute atomic E-state index is 14.7. The molecule has 0 aromatic heterocycles. The summed E-state index contributed by atoms with van der Waals surface area (Å²) in [6, 6.07) is 40.3. The first-order valence-corrected chi connectivity index (χ1v) is 18.2. The molecule has 0 unspecified atom stereocenters. The highest BCUT2D eigenvalue weighted by atomic mass is 32.2. The van der Waals surface area contributed by atoms with Crippen molar-refractivity contribution in [3.63, 3.8) is 0 Å². The van der Waals surface area contributed by atoms with Crippen LogP contribution in [-0.2, 0) is 32.6 Å². The van der Waals surface area contributed by atoms with Crippen molar-refractivity contribution in [2.45, 2.75) is 57.1 Å². The Morgan fingerprint density at radius 3 is 1.84 bits per heavy atom. The summed E-state index contributed by atoms with van der Waals surface area (Å²) in [6.45, 7) is 5.34. The number of benzene rings is 5. The number of ether oxygens (including phenoxy) is 1. The second-order valence-corrected chi connectivity index (χ2v) is 14.1. The van der Waals surface area contributed by atoms with E-state index in [0.717, 1.165) is 21.0 Å². The second kappa shape index (κ2) is 16.8. The second-order valence-electron chi connectivity index (χ2n) is 12.3. The van der Waals surface area contributed by atoms with Gasteiger partial charge in [0, 0.05) is 19.0 Å². The van der Waals surface area contributed by atoms with Gasteiger partial charge in [0.1, 0.15) is 24.1 Å². The molecule has 2 amide bonds. The SMILES string of the molecule is CC[C@@H](C)NC(=O)[C@H](Cc1ccccc1)N(Cc1ccccc1)C(=O)CN(c1ccc(Oc2ccccc2)cc1)S(=O)(=O)c1ccc(C)cc1. The maximum atomic E-state index is 14.7. The molecule has 0 radical (unpaired) electrons. The molecule has 0 aliphatic heterocycles. The highest BCUT2D eigenvalue weighted by Gasteiger charge is 2.35. The van der Waals surface area contributed by atoms with Gasteiger partial charge in [0.05, 0.1) is 10.6 Å². The van der Waals surface area contributed by atoms with E-state index in [2.05, 4.69) is 5.32 Å². The first-order chi connectivity index (χ1) is 24.1. The van der Waals surface area contributed by atoms with Crippen LogP contribution in [0, 0.1) is 6.92 Å². The zero-order valence-electron chi connectivity index (χ0n) is 28.6. The Bertz CT molecular complexity index is 1940. The molecule has 0 spiro atoms. The first-order valence-electron chi connectivity index (χ1n) is 16.7. The standard InChI is InChI=1S/C41H43N3O5S/c1-4-32(3)42-41(46)39(28-33-14-8-5-9-15-33)43(29-34-16-10-6-11-17-34)40(45)30-44(50(47,48)38-26-20-31(2)21-27-38)35-22-24-37(25-23-35)49-36-18-12-7-13-19-36/h5-27,32,39H,4,28-30H2,1-3H3,(H,42,46)/t32-,39+/m1/s1. The Balaban J connectivity index is 1.55. The van der Waals surface area contributed by atoms with Gasteiger partial charge in [0.25, 0.3) is 10.0 Å². The van der Waals surface area contributed by atoms with E-state index in [0.29, 0.717) is 17.9 Å². The lowest BCUT2D eigenvalue weighted by Crippen LogP contribution is -2.54. The van der Waals surface area contributed by atoms with Gasteiger partial charge in [-0.25, -0.2) is 8.42 Å². The Morgan fingerprint density at radius 1 is 0.720 bits per heavy atom. The van der Waals surface area contributed by atoms with Crippen molar-refractivity contribution in [3.05, 3.63) is 156 Å². The molecule has 0 aliphatic rings. The number of rotatable bonds is 15. The number of carbonyl (C=O) groups excluding carboxylic acids is 2. The zero-order valence-corrected chi connectivity index (χ0v) is 29.4. The molecule has 50 heavy (non-hydrogen) atoms. The average molecular weight is 690 g/mol. The molecular formula is C41H43N3O5S. The number of carbonyl (C=O) groups is 2. The van der Waals surface area contributed by atoms with E-state index in [1.165, 1.54) is 17.0 Å². The molecule has 1 N–H and O–H groups in total. The van der Waals surface area contributed by atoms with E-state index >= 15 is 0 Å². The molecule has 258 valence electrons. The molecule has 5 aromatic carbocycles. The van der Waals surface area contributed by atoms with Gasteiger partial charge in [-0.3, -0.25) is 13.9 Å². The summed E-state index contributed by atoms with van der Waals surface area (Å²) < 4.78 is 35.8. The van der Waals surface area contributed by atoms with E-state index in [4.69, 9.17) is 4.74 Å². The van der Waals surface area contributed by atoms with Gasteiger partial charge in [0.15, 0.2) is 0 Å². The number of hydrogen-bond acceptors (Lipinski definition) is 5. The highest BCUT2D eigenvalue weighted by Crippen LogP contribution is 2.29. The number of nitrogens with one attached hydrogen (secondary N) is 1. The minimum atomic E-state index is -4.23. The molecule has 5 rings (SSSR count). The van der Waals surface area contributed by atoms with Gasteiger partial charge in [-0.1, -0.05) is 103 Å². The van der Waals surface area contributed by atoms with E-state index in [9.17, 15) is 18.0 Å². The number of anilines is 1. The van der Waals surface area contributed by atoms with Crippen LogP contribution in [0.3, 0.4) is 0 Å². The summed E-state index contributed by atoms with van der Waals surface area (Å²) in [6.07, 6.45) is 0.959. The van der Waals surface area contributed by atoms with Gasteiger partial charge in [-0.05, 0) is 79.9 Å². The molecule has 8 nitrogen and oxygen atoms in total. The lowest BCUT2D eigenvalue weighted by atomic mass is 10.0. The fourth-order valence-electron chi connectivity index (χ4n) is 5.45. The maximum Gasteiger partial charge on any atom is 0.264 e. The van der Waals surface area contributed by atoms with Crippen molar-refractivity contribution in [2.75, 3.05) is 10.8 Å². The van der Waals surface area contributed by atoms with Crippen LogP contribution in [0.15, 0.2) is 144 Å². The molecule has 9 heteroatoms. The van der Waals surface area contributed by atoms with Crippen LogP contribution < -0.4 is 14.4 Å². The van der Waals surface area contributed by atoms with Crippen molar-refractivity contribution < 1.29 is 22.7 Å². The van der Waals surface area contributed by atoms with Crippen LogP contribution in [0.4, 0.5) is 5.69 Å². The third kappa shape index (κ3) is 9.39. The minimum absolute atomic E-state index is 0.0467. The number of sulfonamides is 1. The molecule has 2 atom stereocenters. The van der Waals surface area contributed by atoms with E-state index in [1.54, 1.807) is 36.4 Å². The predicted octanol–water partition coefficient (Wildman–Crippen LogP) is 7.54. The zero-order chi connectivity index (χ0) is 35.5. The van der Waals surface area contributed by atoms with Crippen LogP contribution in [-0.4, -0.2) is 43.8 Å². The third-order valence-corrected chi connectivity index (χ3v) is 10.2. The van der Waals surface area contributed by atoms with Crippen LogP contribution in [0.1, 0.15) is 37.0 Å². The first kappa shape index (κ1) is 35.9. The van der Waals surface area contributed by atoms with Gasteiger partial charge in [-0.15, -0.1) is 0 Å². The van der Waals surface area contributed by atoms with Crippen LogP contribution in [0.25, 0.3) is 0 Å². The predicted molar refractivity (Wildman–Crippen MR) is 197 cm³/mol. The van der Waals surface area contributed by atoms with Crippen molar-refractivity contribution in [2.24, 2.45) is 0 Å². The summed E-state index contributed by atoms with van der Waals surface area (Å²) in [7, 11) is -4.23. The fraction of sp³-hybridized carbons (Fsp3) is 0.220. The number of para-hydroxylation sites is 1. The summed E-state index contributed by atoms with van der Waals surface area (Å²) in [4.78, 5) is 30.2. The molecule has 5 aromatic rings. The summed E-state index contributed by atoms with van der Waals surface area (Å²) in [5.74, 6) is 0.322. The van der Waals surface area contributed by atoms with Crippen LogP contribution in [0.5, 0.6) is 11.5 Å². The molecule has 0 heterocycles. The van der Waals surface area contributed by atoms with Gasteiger partial charge in [0.2, 0.25) is 11.8 Å². The van der Waals surface area contributed by atoms with Crippen molar-refractivity contribution in [1.82, 2.24) is 10.2 Å². The molecule has 0 fully saturated rings. The number of hydrogen-bond donors (Lipinski definition) is 1. The molecule has 0 bridgehead atoms. The Morgan fingerprint density at radius 2 is 1.26 bits per heavy atom. The normalized spacial score (nSPS) is 12.4. The van der Waals surface area contributed by atoms with Crippen LogP contribution in [0.2, 0.25) is 0 Å². The minimum Gasteiger partial charge on any atom is -0.457 e. The average Bonchev–Trinajstić information content (AvgIpc) is 3.13. The molecule has 0 saturated carbocycles. The van der Waals surface area contributed by atoms with Crippen LogP contribution >= 0.6 is 0 Å². The Labute approximate surface area is 295 Å². The van der Waals surface area contributed by atoms with Gasteiger partial charge >= 0.3 is 0 Å². The Kier molecular flexibility index (Phi) is 12.1. The number of nitrogens with zero attached hydrogens (tertiary/aromatic N) is 2. The fourth-order valence-corrected chi connectivity index (χ4v) is 6.86. The lowest BCUT2D eigenvalue weighted by Gasteiger charge is -2.34. The monoisotopic (exact) mass is 689 g/mol. The largest absolute Gasteiger partial charge is 0.457 e. The highest BCUT2D eigenvalue weighted by molar-refractivity contribution is 7.92. The van der Waals surface area contributed by atoms with Crippen molar-refractivity contribution in [1.29, 1.82) is 0 Å². The molecular weight excluding hydrogens is 647 g/mol. The quantitative estimate of drug-likeness (QED) is 0.123. The van der Waals surface area contributed by atoms with Crippen molar-refractivity contribution >= 4 is 27.5 Å². The van der Waals surface area contributed by atoms with Gasteiger partial charge in [-0.2, -0.15) is 0 Å². The lowest BCUT2D eigenvalue weighted by molar-refractivity contribution is -0.140. The smallest absolute Gasteiger partial charge is 0.264 e. The summed E-state index contributed by atoms with van der Waals surface area (Å²) in [5.41, 5.74) is 2.87. The summed E-state index contributed by atoms with van der Waals surface area (Å²) >= 11 is 0. The Hall–Kier alpha value is -5.41. The van der Waals surface area contributed by atoms with Crippen molar-refractivity contribution in [3.8, 4) is 11.5 Å². The van der Waals surface area contributed by atoms with E-state index < -0.39 is 28.5 Å². The molecule has 0 saturated heterocycles. The van der Waals surface area contributed by atoms with E-state index in [1.807, 2.05) is 112 Å². The van der Waals surface area contributed by atoms with E-state index in [-0.39, 0.29) is 35.5 Å². The number of amides is 2. The third-order valence-electron chi connectivity index (χ3n) is 8.46. The molecule has 0 aliphatic carbocycles.